The second-order valence-electron chi connectivity index (χ2n) is 4.89. The van der Waals surface area contributed by atoms with Gasteiger partial charge in [0.1, 0.15) is 11.3 Å². The van der Waals surface area contributed by atoms with E-state index in [0.717, 1.165) is 12.8 Å². The fraction of sp³-hybridized carbons (Fsp3) is 0.357. The van der Waals surface area contributed by atoms with Gasteiger partial charge in [0.05, 0.1) is 17.2 Å². The first-order valence-corrected chi connectivity index (χ1v) is 7.32. The number of benzene rings is 1. The zero-order valence-electron chi connectivity index (χ0n) is 11.3. The highest BCUT2D eigenvalue weighted by atomic mass is 35.5. The van der Waals surface area contributed by atoms with Crippen molar-refractivity contribution in [2.24, 2.45) is 0 Å². The minimum absolute atomic E-state index is 0.0307. The molecule has 0 unspecified atom stereocenters. The molecule has 2 heterocycles. The molecule has 0 saturated carbocycles. The van der Waals surface area contributed by atoms with Gasteiger partial charge in [-0.25, -0.2) is 4.68 Å². The van der Waals surface area contributed by atoms with Gasteiger partial charge in [0.15, 0.2) is 0 Å². The Morgan fingerprint density at radius 3 is 2.43 bits per heavy atom. The third-order valence-corrected chi connectivity index (χ3v) is 4.28. The van der Waals surface area contributed by atoms with E-state index in [-0.39, 0.29) is 16.1 Å². The minimum atomic E-state index is -0.564. The van der Waals surface area contributed by atoms with Crippen LogP contribution in [0.25, 0.3) is 11.1 Å². The molecule has 2 aromatic rings. The maximum absolute atomic E-state index is 14.6. The van der Waals surface area contributed by atoms with Crippen LogP contribution in [0.3, 0.4) is 0 Å². The molecule has 112 valence electrons. The molecule has 0 atom stereocenters. The molecule has 0 radical (unpaired) electrons. The molecule has 1 aliphatic heterocycles. The van der Waals surface area contributed by atoms with Crippen LogP contribution in [0.5, 0.6) is 5.75 Å². The van der Waals surface area contributed by atoms with Gasteiger partial charge in [0, 0.05) is 18.7 Å². The zero-order chi connectivity index (χ0) is 15.1. The van der Waals surface area contributed by atoms with E-state index in [1.807, 2.05) is 0 Å². The van der Waals surface area contributed by atoms with E-state index in [9.17, 15) is 9.18 Å². The Bertz CT molecular complexity index is 767. The zero-order valence-corrected chi connectivity index (χ0v) is 12.8. The van der Waals surface area contributed by atoms with Gasteiger partial charge in [0.25, 0.3) is 5.56 Å². The molecule has 21 heavy (non-hydrogen) atoms. The lowest BCUT2D eigenvalue weighted by molar-refractivity contribution is 0.310. The van der Waals surface area contributed by atoms with Gasteiger partial charge in [0.2, 0.25) is 5.95 Å². The highest BCUT2D eigenvalue weighted by molar-refractivity contribution is 6.37. The lowest BCUT2D eigenvalue weighted by atomic mass is 10.1. The molecule has 1 aromatic carbocycles. The summed E-state index contributed by atoms with van der Waals surface area (Å²) in [7, 11) is 1.45. The summed E-state index contributed by atoms with van der Waals surface area (Å²) in [5.74, 6) is -0.213. The van der Waals surface area contributed by atoms with Crippen molar-refractivity contribution in [3.05, 3.63) is 38.5 Å². The molecule has 0 N–H and O–H groups in total. The van der Waals surface area contributed by atoms with Gasteiger partial charge < -0.3 is 4.74 Å². The van der Waals surface area contributed by atoms with Crippen molar-refractivity contribution in [1.82, 2.24) is 9.36 Å². The number of halogens is 3. The van der Waals surface area contributed by atoms with E-state index >= 15 is 0 Å². The van der Waals surface area contributed by atoms with Crippen LogP contribution >= 0.6 is 23.2 Å². The summed E-state index contributed by atoms with van der Waals surface area (Å²) in [6, 6.07) is 2.95. The van der Waals surface area contributed by atoms with Crippen LogP contribution in [0.2, 0.25) is 10.0 Å². The normalized spacial score (nSPS) is 14.1. The number of nitrogens with zero attached hydrogens (tertiary/aromatic N) is 2. The van der Waals surface area contributed by atoms with Crippen molar-refractivity contribution >= 4 is 23.2 Å². The fourth-order valence-electron chi connectivity index (χ4n) is 2.63. The molecular formula is C14H13Cl2FN2O2. The molecule has 3 rings (SSSR count). The van der Waals surface area contributed by atoms with Crippen molar-refractivity contribution < 1.29 is 9.13 Å². The summed E-state index contributed by atoms with van der Waals surface area (Å²) < 4.78 is 22.5. The standard InChI is InChI=1S/C14H13Cl2FN2O2/c1-21-11-6-8(9(15)7-10(11)16)12-13(17)18-4-2-3-5-19(18)14(12)20/h6-7H,2-5H2,1H3. The third-order valence-electron chi connectivity index (χ3n) is 3.67. The van der Waals surface area contributed by atoms with Gasteiger partial charge in [-0.05, 0) is 25.0 Å². The SMILES string of the molecule is COc1cc(-c2c(F)n3n(c2=O)CCCC3)c(Cl)cc1Cl. The molecule has 0 amide bonds. The van der Waals surface area contributed by atoms with Gasteiger partial charge in [-0.3, -0.25) is 9.48 Å². The largest absolute Gasteiger partial charge is 0.495 e. The van der Waals surface area contributed by atoms with Gasteiger partial charge in [-0.2, -0.15) is 4.39 Å². The second-order valence-corrected chi connectivity index (χ2v) is 5.71. The minimum Gasteiger partial charge on any atom is -0.495 e. The number of rotatable bonds is 2. The maximum Gasteiger partial charge on any atom is 0.277 e. The summed E-state index contributed by atoms with van der Waals surface area (Å²) >= 11 is 12.1. The third kappa shape index (κ3) is 2.24. The van der Waals surface area contributed by atoms with Gasteiger partial charge in [-0.1, -0.05) is 23.2 Å². The summed E-state index contributed by atoms with van der Waals surface area (Å²) in [4.78, 5) is 12.4. The summed E-state index contributed by atoms with van der Waals surface area (Å²) in [6.45, 7) is 1.00. The number of hydrogen-bond acceptors (Lipinski definition) is 2. The van der Waals surface area contributed by atoms with E-state index in [4.69, 9.17) is 27.9 Å². The Hall–Kier alpha value is -1.46. The molecule has 0 aliphatic carbocycles. The van der Waals surface area contributed by atoms with Crippen molar-refractivity contribution in [2.45, 2.75) is 25.9 Å². The van der Waals surface area contributed by atoms with Crippen LogP contribution < -0.4 is 10.3 Å². The first-order chi connectivity index (χ1) is 10.0. The average Bonchev–Trinajstić information content (AvgIpc) is 2.72. The first-order valence-electron chi connectivity index (χ1n) is 6.57. The van der Waals surface area contributed by atoms with Crippen molar-refractivity contribution in [2.75, 3.05) is 7.11 Å². The lowest BCUT2D eigenvalue weighted by Gasteiger charge is -2.16. The summed E-state index contributed by atoms with van der Waals surface area (Å²) in [5.41, 5.74) is -0.106. The molecule has 0 spiro atoms. The predicted octanol–water partition coefficient (Wildman–Crippen LogP) is 3.57. The molecule has 1 aliphatic rings. The summed E-state index contributed by atoms with van der Waals surface area (Å²) in [6.07, 6.45) is 1.71. The Balaban J connectivity index is 2.27. The Kier molecular flexibility index (Phi) is 3.71. The molecular weight excluding hydrogens is 318 g/mol. The molecule has 7 heteroatoms. The first kappa shape index (κ1) is 14.5. The number of ether oxygens (including phenoxy) is 1. The Morgan fingerprint density at radius 1 is 1.14 bits per heavy atom. The molecule has 1 aromatic heterocycles. The topological polar surface area (TPSA) is 36.2 Å². The van der Waals surface area contributed by atoms with Crippen LogP contribution in [0.4, 0.5) is 4.39 Å². The van der Waals surface area contributed by atoms with Crippen LogP contribution in [-0.2, 0) is 13.1 Å². The smallest absolute Gasteiger partial charge is 0.277 e. The van der Waals surface area contributed by atoms with Crippen LogP contribution in [0.1, 0.15) is 12.8 Å². The van der Waals surface area contributed by atoms with Crippen molar-refractivity contribution in [3.8, 4) is 16.9 Å². The van der Waals surface area contributed by atoms with E-state index in [1.54, 1.807) is 0 Å². The van der Waals surface area contributed by atoms with Gasteiger partial charge in [-0.15, -0.1) is 0 Å². The van der Waals surface area contributed by atoms with Crippen LogP contribution in [0, 0.1) is 5.95 Å². The molecule has 0 fully saturated rings. The van der Waals surface area contributed by atoms with E-state index in [2.05, 4.69) is 0 Å². The summed E-state index contributed by atoms with van der Waals surface area (Å²) in [5, 5.41) is 0.538. The quantitative estimate of drug-likeness (QED) is 0.844. The van der Waals surface area contributed by atoms with Crippen LogP contribution in [0.15, 0.2) is 16.9 Å². The highest BCUT2D eigenvalue weighted by Gasteiger charge is 2.25. The fourth-order valence-corrected chi connectivity index (χ4v) is 3.18. The molecule has 0 bridgehead atoms. The number of methoxy groups -OCH3 is 1. The number of hydrogen-bond donors (Lipinski definition) is 0. The van der Waals surface area contributed by atoms with E-state index < -0.39 is 5.95 Å². The van der Waals surface area contributed by atoms with Gasteiger partial charge >= 0.3 is 0 Å². The average molecular weight is 331 g/mol. The van der Waals surface area contributed by atoms with Crippen molar-refractivity contribution in [3.63, 3.8) is 0 Å². The maximum atomic E-state index is 14.6. The highest BCUT2D eigenvalue weighted by Crippen LogP contribution is 2.36. The second kappa shape index (κ2) is 5.39. The van der Waals surface area contributed by atoms with Crippen LogP contribution in [-0.4, -0.2) is 16.5 Å². The Morgan fingerprint density at radius 2 is 1.81 bits per heavy atom. The number of fused-ring (bicyclic) bond motifs is 1. The molecule has 0 saturated heterocycles. The molecule has 4 nitrogen and oxygen atoms in total. The Labute approximate surface area is 130 Å². The monoisotopic (exact) mass is 330 g/mol. The van der Waals surface area contributed by atoms with E-state index in [0.29, 0.717) is 29.4 Å². The predicted molar refractivity (Wildman–Crippen MR) is 79.9 cm³/mol. The van der Waals surface area contributed by atoms with E-state index in [1.165, 1.54) is 28.6 Å². The number of aromatic nitrogens is 2. The van der Waals surface area contributed by atoms with Crippen molar-refractivity contribution in [1.29, 1.82) is 0 Å². The lowest BCUT2D eigenvalue weighted by Crippen LogP contribution is -2.27.